The Labute approximate surface area is 108 Å². The number of benzene rings is 1. The first-order valence-corrected chi connectivity index (χ1v) is 3.87. The van der Waals surface area contributed by atoms with Gasteiger partial charge in [-0.3, -0.25) is 0 Å². The largest absolute Gasteiger partial charge is 1.00 e. The van der Waals surface area contributed by atoms with E-state index >= 15 is 0 Å². The van der Waals surface area contributed by atoms with Gasteiger partial charge in [0.25, 0.3) is 0 Å². The molecule has 0 aliphatic heterocycles. The Balaban J connectivity index is 0.00000121. The van der Waals surface area contributed by atoms with E-state index in [-0.39, 0.29) is 29.6 Å². The van der Waals surface area contributed by atoms with Gasteiger partial charge in [-0.15, -0.1) is 4.90 Å². The quantitative estimate of drug-likeness (QED) is 0.451. The second-order valence-electron chi connectivity index (χ2n) is 1.88. The van der Waals surface area contributed by atoms with Gasteiger partial charge in [0.05, 0.1) is 11.6 Å². The molecule has 0 spiro atoms. The molecule has 0 amide bonds. The second kappa shape index (κ2) is 5.29. The zero-order chi connectivity index (χ0) is 8.43. The molecule has 0 saturated carbocycles. The Bertz CT molecular complexity index is 312. The third kappa shape index (κ3) is 2.77. The molecule has 0 aliphatic carbocycles. The molecule has 0 fully saturated rings. The topological polar surface area (TPSA) is 23.8 Å². The van der Waals surface area contributed by atoms with Crippen LogP contribution in [0.25, 0.3) is 0 Å². The molecule has 1 aromatic rings. The number of hydrogen-bond acceptors (Lipinski definition) is 2. The molecule has 12 heavy (non-hydrogen) atoms. The van der Waals surface area contributed by atoms with E-state index < -0.39 is 0 Å². The van der Waals surface area contributed by atoms with Crippen LogP contribution in [0.2, 0.25) is 10.0 Å². The van der Waals surface area contributed by atoms with Crippen LogP contribution in [0, 0.1) is 11.3 Å². The Kier molecular flexibility index (Phi) is 5.51. The van der Waals surface area contributed by atoms with Crippen molar-refractivity contribution in [3.8, 4) is 6.07 Å². The van der Waals surface area contributed by atoms with Gasteiger partial charge in [-0.25, -0.2) is 0 Å². The van der Waals surface area contributed by atoms with Crippen LogP contribution < -0.4 is 29.6 Å². The van der Waals surface area contributed by atoms with Crippen molar-refractivity contribution in [3.63, 3.8) is 0 Å². The minimum absolute atomic E-state index is 0. The van der Waals surface area contributed by atoms with Crippen LogP contribution in [0.15, 0.2) is 17.0 Å². The van der Waals surface area contributed by atoms with E-state index in [4.69, 9.17) is 41.1 Å². The number of rotatable bonds is 0. The maximum Gasteiger partial charge on any atom is 1.00 e. The normalized spacial score (nSPS) is 8.42. The van der Waals surface area contributed by atoms with Gasteiger partial charge in [0.2, 0.25) is 0 Å². The summed E-state index contributed by atoms with van der Waals surface area (Å²) >= 11 is 16.1. The van der Waals surface area contributed by atoms with Crippen LogP contribution in [-0.4, -0.2) is 0 Å². The Morgan fingerprint density at radius 1 is 1.25 bits per heavy atom. The molecule has 0 N–H and O–H groups in total. The summed E-state index contributed by atoms with van der Waals surface area (Å²) < 4.78 is 0. The van der Waals surface area contributed by atoms with E-state index in [1.54, 1.807) is 0 Å². The van der Waals surface area contributed by atoms with E-state index in [9.17, 15) is 0 Å². The van der Waals surface area contributed by atoms with Gasteiger partial charge in [-0.05, 0) is 12.1 Å². The van der Waals surface area contributed by atoms with E-state index in [0.717, 1.165) is 0 Å². The molecule has 0 aromatic heterocycles. The van der Waals surface area contributed by atoms with Crippen LogP contribution in [0.3, 0.4) is 0 Å². The predicted molar refractivity (Wildman–Crippen MR) is 46.8 cm³/mol. The molecule has 0 saturated heterocycles. The number of halogens is 2. The van der Waals surface area contributed by atoms with Gasteiger partial charge in [-0.2, -0.15) is 5.26 Å². The van der Waals surface area contributed by atoms with Crippen molar-refractivity contribution >= 4 is 35.8 Å². The third-order valence-corrected chi connectivity index (χ3v) is 2.39. The van der Waals surface area contributed by atoms with E-state index in [0.29, 0.717) is 20.5 Å². The Hall–Kier alpha value is 0.510. The fourth-order valence-corrected chi connectivity index (χ4v) is 1.23. The van der Waals surface area contributed by atoms with Gasteiger partial charge in [-0.1, -0.05) is 23.2 Å². The average molecular weight is 226 g/mol. The molecule has 0 radical (unpaired) electrons. The first-order valence-electron chi connectivity index (χ1n) is 2.71. The smallest absolute Gasteiger partial charge is 0.777 e. The average Bonchev–Trinajstić information content (AvgIpc) is 1.99. The van der Waals surface area contributed by atoms with Crippen molar-refractivity contribution in [1.82, 2.24) is 0 Å². The summed E-state index contributed by atoms with van der Waals surface area (Å²) in [5.41, 5.74) is 0.425. The van der Waals surface area contributed by atoms with Gasteiger partial charge < -0.3 is 12.6 Å². The van der Waals surface area contributed by atoms with Gasteiger partial charge >= 0.3 is 29.6 Å². The summed E-state index contributed by atoms with van der Waals surface area (Å²) in [6.45, 7) is 0. The van der Waals surface area contributed by atoms with Crippen LogP contribution in [0.1, 0.15) is 5.56 Å². The molecule has 0 atom stereocenters. The fraction of sp³-hybridized carbons (Fsp3) is 0. The van der Waals surface area contributed by atoms with Gasteiger partial charge in [0.1, 0.15) is 0 Å². The van der Waals surface area contributed by atoms with E-state index in [1.165, 1.54) is 12.1 Å². The van der Waals surface area contributed by atoms with Crippen LogP contribution in [0.5, 0.6) is 0 Å². The van der Waals surface area contributed by atoms with Crippen molar-refractivity contribution in [3.05, 3.63) is 27.7 Å². The molecule has 0 bridgehead atoms. The van der Waals surface area contributed by atoms with Crippen LogP contribution >= 0.6 is 23.2 Å². The van der Waals surface area contributed by atoms with Crippen molar-refractivity contribution < 1.29 is 29.6 Å². The number of nitrogens with zero attached hydrogens (tertiary/aromatic N) is 1. The monoisotopic (exact) mass is 225 g/mol. The first kappa shape index (κ1) is 12.5. The number of hydrogen-bond donors (Lipinski definition) is 0. The Morgan fingerprint density at radius 3 is 2.00 bits per heavy atom. The maximum atomic E-state index is 8.48. The molecule has 0 aliphatic rings. The first-order chi connectivity index (χ1) is 5.15. The summed E-state index contributed by atoms with van der Waals surface area (Å²) in [6.07, 6.45) is 0. The summed E-state index contributed by atoms with van der Waals surface area (Å²) in [7, 11) is 0. The van der Waals surface area contributed by atoms with Crippen molar-refractivity contribution in [2.45, 2.75) is 4.90 Å². The van der Waals surface area contributed by atoms with E-state index in [1.807, 2.05) is 6.07 Å². The molecule has 1 aromatic carbocycles. The molecule has 5 heteroatoms. The summed E-state index contributed by atoms with van der Waals surface area (Å²) in [5.74, 6) is 0. The Morgan fingerprint density at radius 2 is 1.67 bits per heavy atom. The maximum absolute atomic E-state index is 8.48. The molecule has 0 heterocycles. The van der Waals surface area contributed by atoms with Crippen molar-refractivity contribution in [1.29, 1.82) is 5.26 Å². The van der Waals surface area contributed by atoms with Crippen molar-refractivity contribution in [2.24, 2.45) is 0 Å². The molecule has 1 nitrogen and oxygen atoms in total. The predicted octanol–water partition coefficient (Wildman–Crippen LogP) is -0.225. The summed E-state index contributed by atoms with van der Waals surface area (Å²) in [6, 6.07) is 4.91. The fourth-order valence-electron chi connectivity index (χ4n) is 0.624. The SMILES string of the molecule is N#Cc1cc(Cl)c([S-])c(Cl)c1.[Na+]. The summed E-state index contributed by atoms with van der Waals surface area (Å²) in [5, 5.41) is 9.18. The molecule has 56 valence electrons. The second-order valence-corrected chi connectivity index (χ2v) is 3.10. The van der Waals surface area contributed by atoms with E-state index in [2.05, 4.69) is 0 Å². The van der Waals surface area contributed by atoms with Gasteiger partial charge in [0.15, 0.2) is 0 Å². The molecular weight excluding hydrogens is 224 g/mol. The third-order valence-electron chi connectivity index (χ3n) is 1.13. The van der Waals surface area contributed by atoms with Gasteiger partial charge in [0, 0.05) is 10.0 Å². The minimum Gasteiger partial charge on any atom is -0.777 e. The number of nitriles is 1. The molecule has 1 rings (SSSR count). The van der Waals surface area contributed by atoms with Crippen LogP contribution in [-0.2, 0) is 12.6 Å². The zero-order valence-corrected chi connectivity index (χ0v) is 10.6. The molecular formula is C7H2Cl2NNaS. The zero-order valence-electron chi connectivity index (χ0n) is 6.27. The van der Waals surface area contributed by atoms with Crippen LogP contribution in [0.4, 0.5) is 0 Å². The minimum atomic E-state index is 0. The molecule has 0 unspecified atom stereocenters. The standard InChI is InChI=1S/C7H3Cl2NS.Na/c8-5-1-4(3-10)2-6(9)7(5)11;/h1-2,11H;/q;+1/p-1. The van der Waals surface area contributed by atoms with Crippen molar-refractivity contribution in [2.75, 3.05) is 0 Å². The summed E-state index contributed by atoms with van der Waals surface area (Å²) in [4.78, 5) is 0.396.